The molecular formula is C12H10ClN3O2. The molecule has 0 aliphatic rings. The fourth-order valence-corrected chi connectivity index (χ4v) is 1.67. The Balaban J connectivity index is 2.48. The van der Waals surface area contributed by atoms with Crippen LogP contribution in [0.2, 0.25) is 0 Å². The molecular weight excluding hydrogens is 254 g/mol. The largest absolute Gasteiger partial charge is 0.270 e. The normalized spacial score (nSPS) is 10.3. The molecule has 92 valence electrons. The van der Waals surface area contributed by atoms with Crippen molar-refractivity contribution < 1.29 is 4.92 Å². The maximum atomic E-state index is 10.7. The first-order valence-corrected chi connectivity index (χ1v) is 5.77. The van der Waals surface area contributed by atoms with Gasteiger partial charge in [0.15, 0.2) is 5.82 Å². The third-order valence-electron chi connectivity index (χ3n) is 2.53. The van der Waals surface area contributed by atoms with Crippen molar-refractivity contribution in [3.63, 3.8) is 0 Å². The summed E-state index contributed by atoms with van der Waals surface area (Å²) >= 11 is 5.65. The first-order chi connectivity index (χ1) is 8.61. The minimum Gasteiger partial charge on any atom is -0.258 e. The van der Waals surface area contributed by atoms with Crippen LogP contribution >= 0.6 is 11.6 Å². The molecule has 0 amide bonds. The number of aryl methyl sites for hydroxylation is 1. The summed E-state index contributed by atoms with van der Waals surface area (Å²) in [5.74, 6) is 0.804. The molecule has 1 heterocycles. The summed E-state index contributed by atoms with van der Waals surface area (Å²) in [6.07, 6.45) is 3.24. The Morgan fingerprint density at radius 3 is 2.56 bits per heavy atom. The molecule has 18 heavy (non-hydrogen) atoms. The number of benzene rings is 1. The summed E-state index contributed by atoms with van der Waals surface area (Å²) in [5, 5.41) is 10.7. The van der Waals surface area contributed by atoms with Crippen molar-refractivity contribution in [2.45, 2.75) is 12.8 Å². The number of aromatic nitrogens is 2. The maximum Gasteiger partial charge on any atom is 0.270 e. The van der Waals surface area contributed by atoms with Crippen LogP contribution in [-0.4, -0.2) is 14.9 Å². The average molecular weight is 264 g/mol. The zero-order chi connectivity index (χ0) is 13.1. The number of nitro benzene ring substituents is 1. The van der Waals surface area contributed by atoms with Crippen LogP contribution in [0.25, 0.3) is 11.4 Å². The molecule has 0 saturated heterocycles. The number of nitrogens with zero attached hydrogens (tertiary/aromatic N) is 3. The lowest BCUT2D eigenvalue weighted by Gasteiger charge is -2.04. The van der Waals surface area contributed by atoms with Crippen LogP contribution in [0.4, 0.5) is 5.69 Å². The second kappa shape index (κ2) is 5.10. The number of rotatable bonds is 3. The number of halogens is 1. The molecule has 2 rings (SSSR count). The van der Waals surface area contributed by atoms with Crippen molar-refractivity contribution in [2.75, 3.05) is 0 Å². The van der Waals surface area contributed by atoms with E-state index in [2.05, 4.69) is 9.97 Å². The van der Waals surface area contributed by atoms with Crippen molar-refractivity contribution in [3.8, 4) is 11.4 Å². The Hall–Kier alpha value is -2.01. The third-order valence-corrected chi connectivity index (χ3v) is 2.84. The predicted molar refractivity (Wildman–Crippen MR) is 68.4 cm³/mol. The monoisotopic (exact) mass is 263 g/mol. The smallest absolute Gasteiger partial charge is 0.258 e. The SMILES string of the molecule is Cc1ccc([N+](=O)[O-])cc1-c1ncc(CCl)cn1. The van der Waals surface area contributed by atoms with Gasteiger partial charge in [-0.1, -0.05) is 6.07 Å². The van der Waals surface area contributed by atoms with Gasteiger partial charge in [0.25, 0.3) is 5.69 Å². The fraction of sp³-hybridized carbons (Fsp3) is 0.167. The summed E-state index contributed by atoms with van der Waals surface area (Å²) < 4.78 is 0. The van der Waals surface area contributed by atoms with Crippen molar-refractivity contribution in [2.24, 2.45) is 0 Å². The molecule has 0 spiro atoms. The van der Waals surface area contributed by atoms with Gasteiger partial charge in [-0.25, -0.2) is 9.97 Å². The van der Waals surface area contributed by atoms with Gasteiger partial charge in [-0.15, -0.1) is 11.6 Å². The number of alkyl halides is 1. The van der Waals surface area contributed by atoms with Gasteiger partial charge >= 0.3 is 0 Å². The van der Waals surface area contributed by atoms with Crippen LogP contribution in [0, 0.1) is 17.0 Å². The van der Waals surface area contributed by atoms with E-state index in [9.17, 15) is 10.1 Å². The van der Waals surface area contributed by atoms with E-state index in [-0.39, 0.29) is 5.69 Å². The minimum atomic E-state index is -0.434. The van der Waals surface area contributed by atoms with Crippen molar-refractivity contribution in [1.29, 1.82) is 0 Å². The molecule has 5 nitrogen and oxygen atoms in total. The standard InChI is InChI=1S/C12H10ClN3O2/c1-8-2-3-10(16(17)18)4-11(8)12-14-6-9(5-13)7-15-12/h2-4,6-7H,5H2,1H3. The van der Waals surface area contributed by atoms with Crippen molar-refractivity contribution in [1.82, 2.24) is 9.97 Å². The molecule has 0 aliphatic carbocycles. The van der Waals surface area contributed by atoms with E-state index in [0.29, 0.717) is 17.3 Å². The van der Waals surface area contributed by atoms with E-state index in [1.165, 1.54) is 12.1 Å². The highest BCUT2D eigenvalue weighted by Crippen LogP contribution is 2.24. The van der Waals surface area contributed by atoms with Crippen LogP contribution in [0.1, 0.15) is 11.1 Å². The second-order valence-electron chi connectivity index (χ2n) is 3.80. The highest BCUT2D eigenvalue weighted by atomic mass is 35.5. The first kappa shape index (κ1) is 12.4. The van der Waals surface area contributed by atoms with Gasteiger partial charge in [0.1, 0.15) is 0 Å². The van der Waals surface area contributed by atoms with Gasteiger partial charge in [-0.3, -0.25) is 10.1 Å². The Labute approximate surface area is 109 Å². The molecule has 0 fully saturated rings. The average Bonchev–Trinajstić information content (AvgIpc) is 2.39. The lowest BCUT2D eigenvalue weighted by Crippen LogP contribution is -1.95. The van der Waals surface area contributed by atoms with Crippen LogP contribution in [0.3, 0.4) is 0 Å². The Kier molecular flexibility index (Phi) is 3.53. The summed E-state index contributed by atoms with van der Waals surface area (Å²) in [6, 6.07) is 4.63. The predicted octanol–water partition coefficient (Wildman–Crippen LogP) is 3.10. The van der Waals surface area contributed by atoms with E-state index in [1.807, 2.05) is 6.92 Å². The van der Waals surface area contributed by atoms with Crippen LogP contribution < -0.4 is 0 Å². The Morgan fingerprint density at radius 1 is 1.33 bits per heavy atom. The zero-order valence-electron chi connectivity index (χ0n) is 9.63. The molecule has 0 aliphatic heterocycles. The van der Waals surface area contributed by atoms with Gasteiger partial charge in [-0.05, 0) is 12.5 Å². The topological polar surface area (TPSA) is 68.9 Å². The number of nitro groups is 1. The van der Waals surface area contributed by atoms with Gasteiger partial charge in [-0.2, -0.15) is 0 Å². The van der Waals surface area contributed by atoms with E-state index in [1.54, 1.807) is 18.5 Å². The maximum absolute atomic E-state index is 10.7. The fourth-order valence-electron chi connectivity index (χ4n) is 1.53. The molecule has 0 N–H and O–H groups in total. The van der Waals surface area contributed by atoms with Gasteiger partial charge in [0.2, 0.25) is 0 Å². The van der Waals surface area contributed by atoms with Crippen LogP contribution in [0.15, 0.2) is 30.6 Å². The molecule has 1 aromatic heterocycles. The van der Waals surface area contributed by atoms with E-state index in [0.717, 1.165) is 11.1 Å². The summed E-state index contributed by atoms with van der Waals surface area (Å²) in [4.78, 5) is 18.6. The Bertz CT molecular complexity index is 584. The molecule has 1 aromatic carbocycles. The summed E-state index contributed by atoms with van der Waals surface area (Å²) in [7, 11) is 0. The number of non-ortho nitro benzene ring substituents is 1. The van der Waals surface area contributed by atoms with Gasteiger partial charge in [0.05, 0.1) is 10.8 Å². The number of hydrogen-bond donors (Lipinski definition) is 0. The van der Waals surface area contributed by atoms with Crippen LogP contribution in [0.5, 0.6) is 0 Å². The Morgan fingerprint density at radius 2 is 2.00 bits per heavy atom. The summed E-state index contributed by atoms with van der Waals surface area (Å²) in [6.45, 7) is 1.86. The molecule has 6 heteroatoms. The van der Waals surface area contributed by atoms with Crippen LogP contribution in [-0.2, 0) is 5.88 Å². The van der Waals surface area contributed by atoms with Crippen molar-refractivity contribution >= 4 is 17.3 Å². The molecule has 0 saturated carbocycles. The lowest BCUT2D eigenvalue weighted by atomic mass is 10.1. The van der Waals surface area contributed by atoms with Gasteiger partial charge in [0, 0.05) is 35.7 Å². The first-order valence-electron chi connectivity index (χ1n) is 5.24. The lowest BCUT2D eigenvalue weighted by molar-refractivity contribution is -0.384. The molecule has 0 bridgehead atoms. The quantitative estimate of drug-likeness (QED) is 0.485. The second-order valence-corrected chi connectivity index (χ2v) is 4.07. The van der Waals surface area contributed by atoms with Gasteiger partial charge < -0.3 is 0 Å². The highest BCUT2D eigenvalue weighted by molar-refractivity contribution is 6.17. The number of hydrogen-bond acceptors (Lipinski definition) is 4. The molecule has 0 atom stereocenters. The van der Waals surface area contributed by atoms with E-state index >= 15 is 0 Å². The molecule has 0 unspecified atom stereocenters. The zero-order valence-corrected chi connectivity index (χ0v) is 10.4. The van der Waals surface area contributed by atoms with E-state index in [4.69, 9.17) is 11.6 Å². The summed E-state index contributed by atoms with van der Waals surface area (Å²) in [5.41, 5.74) is 2.38. The minimum absolute atomic E-state index is 0.0284. The molecule has 0 radical (unpaired) electrons. The van der Waals surface area contributed by atoms with E-state index < -0.39 is 4.92 Å². The van der Waals surface area contributed by atoms with Crippen molar-refractivity contribution in [3.05, 3.63) is 51.8 Å². The molecule has 2 aromatic rings. The highest BCUT2D eigenvalue weighted by Gasteiger charge is 2.11. The third kappa shape index (κ3) is 2.46.